The van der Waals surface area contributed by atoms with E-state index < -0.39 is 4.92 Å². The Labute approximate surface area is 177 Å². The van der Waals surface area contributed by atoms with Gasteiger partial charge < -0.3 is 0 Å². The lowest BCUT2D eigenvalue weighted by atomic mass is 10.1. The lowest BCUT2D eigenvalue weighted by molar-refractivity contribution is -0.384. The molecule has 1 heterocycles. The molecule has 3 aromatic carbocycles. The predicted molar refractivity (Wildman–Crippen MR) is 119 cm³/mol. The van der Waals surface area contributed by atoms with E-state index in [1.807, 2.05) is 50.2 Å². The Balaban J connectivity index is 1.79. The second-order valence-corrected chi connectivity index (χ2v) is 8.09. The van der Waals surface area contributed by atoms with Crippen molar-refractivity contribution in [2.24, 2.45) is 0 Å². The number of nitrogens with zero attached hydrogens (tertiary/aromatic N) is 3. The van der Waals surface area contributed by atoms with Gasteiger partial charge in [0.25, 0.3) is 11.6 Å². The molecule has 1 aromatic heterocycles. The Hall–Kier alpha value is -3.58. The molecular formula is C23H19N3O3S. The molecule has 30 heavy (non-hydrogen) atoms. The third kappa shape index (κ3) is 3.92. The SMILES string of the molecule is Cc1cc2nc(N(Cc3ccccc3)C(=O)c3cccc([N+](=O)[O-])c3)sc2cc1C. The fourth-order valence-electron chi connectivity index (χ4n) is 3.18. The predicted octanol–water partition coefficient (Wildman–Crippen LogP) is 5.67. The van der Waals surface area contributed by atoms with Gasteiger partial charge >= 0.3 is 0 Å². The summed E-state index contributed by atoms with van der Waals surface area (Å²) in [6.45, 7) is 4.40. The molecule has 0 saturated heterocycles. The van der Waals surface area contributed by atoms with E-state index in [-0.39, 0.29) is 17.2 Å². The van der Waals surface area contributed by atoms with Crippen LogP contribution in [0.3, 0.4) is 0 Å². The van der Waals surface area contributed by atoms with E-state index in [0.717, 1.165) is 26.9 Å². The highest BCUT2D eigenvalue weighted by Crippen LogP contribution is 2.32. The minimum atomic E-state index is -0.498. The molecule has 0 aliphatic heterocycles. The largest absolute Gasteiger partial charge is 0.279 e. The van der Waals surface area contributed by atoms with Crippen LogP contribution in [0, 0.1) is 24.0 Å². The topological polar surface area (TPSA) is 76.3 Å². The first-order valence-electron chi connectivity index (χ1n) is 9.40. The van der Waals surface area contributed by atoms with Crippen LogP contribution < -0.4 is 4.90 Å². The summed E-state index contributed by atoms with van der Waals surface area (Å²) in [5.74, 6) is -0.324. The summed E-state index contributed by atoms with van der Waals surface area (Å²) in [5.41, 5.74) is 4.23. The summed E-state index contributed by atoms with van der Waals surface area (Å²) in [7, 11) is 0. The molecule has 1 amide bonds. The molecule has 7 heteroatoms. The molecule has 0 aliphatic rings. The summed E-state index contributed by atoms with van der Waals surface area (Å²) >= 11 is 1.44. The van der Waals surface area contributed by atoms with Crippen molar-refractivity contribution < 1.29 is 9.72 Å². The zero-order valence-electron chi connectivity index (χ0n) is 16.5. The van der Waals surface area contributed by atoms with E-state index in [9.17, 15) is 14.9 Å². The summed E-state index contributed by atoms with van der Waals surface area (Å²) in [4.78, 5) is 30.4. The molecule has 0 saturated carbocycles. The van der Waals surface area contributed by atoms with Crippen molar-refractivity contribution in [3.05, 3.63) is 99.1 Å². The number of aromatic nitrogens is 1. The number of amides is 1. The van der Waals surface area contributed by atoms with E-state index in [2.05, 4.69) is 6.07 Å². The van der Waals surface area contributed by atoms with Crippen LogP contribution in [0.5, 0.6) is 0 Å². The Kier molecular flexibility index (Phi) is 5.29. The van der Waals surface area contributed by atoms with Crippen LogP contribution in [0.1, 0.15) is 27.0 Å². The minimum Gasteiger partial charge on any atom is -0.279 e. The van der Waals surface area contributed by atoms with Crippen molar-refractivity contribution in [1.82, 2.24) is 4.98 Å². The molecule has 0 spiro atoms. The zero-order valence-corrected chi connectivity index (χ0v) is 17.3. The monoisotopic (exact) mass is 417 g/mol. The molecule has 0 bridgehead atoms. The van der Waals surface area contributed by atoms with Crippen LogP contribution in [0.4, 0.5) is 10.8 Å². The van der Waals surface area contributed by atoms with Crippen molar-refractivity contribution in [2.45, 2.75) is 20.4 Å². The van der Waals surface area contributed by atoms with E-state index >= 15 is 0 Å². The fraction of sp³-hybridized carbons (Fsp3) is 0.130. The van der Waals surface area contributed by atoms with E-state index in [4.69, 9.17) is 4.98 Å². The second-order valence-electron chi connectivity index (χ2n) is 7.08. The molecular weight excluding hydrogens is 398 g/mol. The lowest BCUT2D eigenvalue weighted by Crippen LogP contribution is -2.30. The molecule has 0 unspecified atom stereocenters. The summed E-state index contributed by atoms with van der Waals surface area (Å²) in [6.07, 6.45) is 0. The average molecular weight is 417 g/mol. The third-order valence-corrected chi connectivity index (χ3v) is 6.00. The number of carbonyl (C=O) groups is 1. The van der Waals surface area contributed by atoms with Crippen molar-refractivity contribution in [1.29, 1.82) is 0 Å². The van der Waals surface area contributed by atoms with Gasteiger partial charge in [-0.1, -0.05) is 47.7 Å². The highest BCUT2D eigenvalue weighted by molar-refractivity contribution is 7.22. The van der Waals surface area contributed by atoms with Gasteiger partial charge in [-0.2, -0.15) is 0 Å². The van der Waals surface area contributed by atoms with Crippen LogP contribution in [0.15, 0.2) is 66.7 Å². The first-order valence-corrected chi connectivity index (χ1v) is 10.2. The Bertz CT molecular complexity index is 1210. The Morgan fingerprint density at radius 2 is 1.77 bits per heavy atom. The molecule has 6 nitrogen and oxygen atoms in total. The first kappa shape index (κ1) is 19.7. The lowest BCUT2D eigenvalue weighted by Gasteiger charge is -2.20. The quantitative estimate of drug-likeness (QED) is 0.310. The number of carbonyl (C=O) groups excluding carboxylic acids is 1. The number of hydrogen-bond donors (Lipinski definition) is 0. The van der Waals surface area contributed by atoms with Gasteiger partial charge in [0.15, 0.2) is 5.13 Å². The number of rotatable bonds is 5. The molecule has 0 N–H and O–H groups in total. The maximum absolute atomic E-state index is 13.4. The van der Waals surface area contributed by atoms with Crippen LogP contribution in [0.2, 0.25) is 0 Å². The molecule has 4 rings (SSSR count). The maximum atomic E-state index is 13.4. The number of aryl methyl sites for hydroxylation is 2. The number of fused-ring (bicyclic) bond motifs is 1. The van der Waals surface area contributed by atoms with Gasteiger partial charge in [0.1, 0.15) is 0 Å². The molecule has 150 valence electrons. The van der Waals surface area contributed by atoms with Crippen LogP contribution in [-0.4, -0.2) is 15.8 Å². The summed E-state index contributed by atoms with van der Waals surface area (Å²) in [5, 5.41) is 11.7. The molecule has 0 radical (unpaired) electrons. The molecule has 0 atom stereocenters. The number of thiazole rings is 1. The Morgan fingerprint density at radius 3 is 2.50 bits per heavy atom. The standard InChI is InChI=1S/C23H19N3O3S/c1-15-11-20-21(12-16(15)2)30-23(24-20)25(14-17-7-4-3-5-8-17)22(27)18-9-6-10-19(13-18)26(28)29/h3-13H,14H2,1-2H3. The smallest absolute Gasteiger partial charge is 0.270 e. The molecule has 4 aromatic rings. The summed E-state index contributed by atoms with van der Waals surface area (Å²) < 4.78 is 0.998. The van der Waals surface area contributed by atoms with Crippen molar-refractivity contribution in [3.8, 4) is 0 Å². The number of benzene rings is 3. The summed E-state index contributed by atoms with van der Waals surface area (Å²) in [6, 6.07) is 19.5. The van der Waals surface area contributed by atoms with Crippen molar-refractivity contribution in [3.63, 3.8) is 0 Å². The molecule has 0 aliphatic carbocycles. The van der Waals surface area contributed by atoms with Gasteiger partial charge in [-0.3, -0.25) is 19.8 Å². The number of nitro benzene ring substituents is 1. The fourth-order valence-corrected chi connectivity index (χ4v) is 4.23. The van der Waals surface area contributed by atoms with Crippen LogP contribution >= 0.6 is 11.3 Å². The number of non-ortho nitro benzene ring substituents is 1. The number of anilines is 1. The first-order chi connectivity index (χ1) is 14.4. The zero-order chi connectivity index (χ0) is 21.3. The second kappa shape index (κ2) is 8.04. The van der Waals surface area contributed by atoms with Gasteiger partial charge in [-0.15, -0.1) is 0 Å². The van der Waals surface area contributed by atoms with Gasteiger partial charge in [0.2, 0.25) is 0 Å². The average Bonchev–Trinajstić information content (AvgIpc) is 3.15. The van der Waals surface area contributed by atoms with Gasteiger partial charge in [0, 0.05) is 17.7 Å². The van der Waals surface area contributed by atoms with E-state index in [0.29, 0.717) is 11.7 Å². The third-order valence-electron chi connectivity index (χ3n) is 4.96. The Morgan fingerprint density at radius 1 is 1.03 bits per heavy atom. The van der Waals surface area contributed by atoms with E-state index in [1.165, 1.54) is 29.5 Å². The van der Waals surface area contributed by atoms with Crippen LogP contribution in [0.25, 0.3) is 10.2 Å². The van der Waals surface area contributed by atoms with Crippen molar-refractivity contribution >= 4 is 38.3 Å². The minimum absolute atomic E-state index is 0.115. The maximum Gasteiger partial charge on any atom is 0.270 e. The molecule has 0 fully saturated rings. The van der Waals surface area contributed by atoms with Gasteiger partial charge in [-0.25, -0.2) is 4.98 Å². The van der Waals surface area contributed by atoms with Gasteiger partial charge in [-0.05, 0) is 48.7 Å². The van der Waals surface area contributed by atoms with Crippen LogP contribution in [-0.2, 0) is 6.54 Å². The van der Waals surface area contributed by atoms with Crippen molar-refractivity contribution in [2.75, 3.05) is 4.90 Å². The number of hydrogen-bond acceptors (Lipinski definition) is 5. The highest BCUT2D eigenvalue weighted by atomic mass is 32.1. The highest BCUT2D eigenvalue weighted by Gasteiger charge is 2.23. The number of nitro groups is 1. The normalized spacial score (nSPS) is 10.9. The van der Waals surface area contributed by atoms with E-state index in [1.54, 1.807) is 11.0 Å². The van der Waals surface area contributed by atoms with Gasteiger partial charge in [0.05, 0.1) is 21.7 Å².